The minimum atomic E-state index is -0.124. The summed E-state index contributed by atoms with van der Waals surface area (Å²) in [5.41, 5.74) is 1.64. The van der Waals surface area contributed by atoms with Crippen LogP contribution in [0.1, 0.15) is 18.1 Å². The third-order valence-corrected chi connectivity index (χ3v) is 3.83. The number of aromatic nitrogens is 2. The van der Waals surface area contributed by atoms with Crippen molar-refractivity contribution in [1.82, 2.24) is 9.38 Å². The fourth-order valence-corrected chi connectivity index (χ4v) is 2.84. The minimum absolute atomic E-state index is 0.124. The Hall–Kier alpha value is -2.40. The predicted molar refractivity (Wildman–Crippen MR) is 85.9 cm³/mol. The van der Waals surface area contributed by atoms with Crippen LogP contribution in [0.2, 0.25) is 0 Å². The Morgan fingerprint density at radius 2 is 2.33 bits per heavy atom. The summed E-state index contributed by atoms with van der Waals surface area (Å²) in [6, 6.07) is 5.80. The molecule has 0 saturated carbocycles. The minimum Gasteiger partial charge on any atom is -0.488 e. The van der Waals surface area contributed by atoms with Crippen molar-refractivity contribution < 1.29 is 4.74 Å². The van der Waals surface area contributed by atoms with Crippen LogP contribution in [0.15, 0.2) is 47.0 Å². The predicted octanol–water partition coefficient (Wildman–Crippen LogP) is 3.33. The lowest BCUT2D eigenvalue weighted by atomic mass is 10.2. The molecule has 0 amide bonds. The van der Waals surface area contributed by atoms with E-state index in [2.05, 4.69) is 4.98 Å². The van der Waals surface area contributed by atoms with E-state index in [1.165, 1.54) is 11.3 Å². The highest BCUT2D eigenvalue weighted by atomic mass is 32.1. The molecule has 0 bridgehead atoms. The van der Waals surface area contributed by atoms with Crippen molar-refractivity contribution in [2.75, 3.05) is 6.61 Å². The molecule has 0 radical (unpaired) electrons. The van der Waals surface area contributed by atoms with Gasteiger partial charge in [0, 0.05) is 29.5 Å². The van der Waals surface area contributed by atoms with Gasteiger partial charge in [0.15, 0.2) is 5.75 Å². The number of rotatable bonds is 4. The second-order valence-corrected chi connectivity index (χ2v) is 5.32. The van der Waals surface area contributed by atoms with Crippen LogP contribution < -0.4 is 10.3 Å². The van der Waals surface area contributed by atoms with Crippen LogP contribution in [0.3, 0.4) is 0 Å². The van der Waals surface area contributed by atoms with Crippen LogP contribution in [0.5, 0.6) is 5.75 Å². The number of thiazole rings is 1. The molecule has 3 aromatic heterocycles. The van der Waals surface area contributed by atoms with Crippen molar-refractivity contribution in [3.05, 3.63) is 63.7 Å². The topological polar surface area (TPSA) is 43.6 Å². The summed E-state index contributed by atoms with van der Waals surface area (Å²) in [4.78, 5) is 17.4. The fourth-order valence-electron chi connectivity index (χ4n) is 2.07. The van der Waals surface area contributed by atoms with Gasteiger partial charge in [-0.15, -0.1) is 11.3 Å². The molecule has 106 valence electrons. The van der Waals surface area contributed by atoms with E-state index in [9.17, 15) is 4.79 Å². The highest BCUT2D eigenvalue weighted by molar-refractivity contribution is 7.15. The normalized spacial score (nSPS) is 11.3. The monoisotopic (exact) mass is 298 g/mol. The third kappa shape index (κ3) is 2.73. The van der Waals surface area contributed by atoms with Crippen LogP contribution in [-0.4, -0.2) is 16.0 Å². The van der Waals surface area contributed by atoms with Crippen molar-refractivity contribution >= 4 is 28.3 Å². The van der Waals surface area contributed by atoms with E-state index < -0.39 is 0 Å². The van der Waals surface area contributed by atoms with Gasteiger partial charge in [0.1, 0.15) is 4.83 Å². The summed E-state index contributed by atoms with van der Waals surface area (Å²) in [5, 5.41) is 1.89. The Morgan fingerprint density at radius 1 is 1.43 bits per heavy atom. The number of nitrogens with zero attached hydrogens (tertiary/aromatic N) is 2. The van der Waals surface area contributed by atoms with Crippen LogP contribution in [-0.2, 0) is 0 Å². The Morgan fingerprint density at radius 3 is 3.10 bits per heavy atom. The van der Waals surface area contributed by atoms with Gasteiger partial charge in [0.25, 0.3) is 5.56 Å². The number of fused-ring (bicyclic) bond motifs is 1. The summed E-state index contributed by atoms with van der Waals surface area (Å²) in [5.74, 6) is 0.383. The van der Waals surface area contributed by atoms with Gasteiger partial charge in [0.05, 0.1) is 6.61 Å². The molecule has 0 aliphatic rings. The van der Waals surface area contributed by atoms with E-state index in [1.54, 1.807) is 23.0 Å². The zero-order valence-corrected chi connectivity index (χ0v) is 12.3. The van der Waals surface area contributed by atoms with E-state index in [1.807, 2.05) is 42.7 Å². The zero-order valence-electron chi connectivity index (χ0n) is 11.5. The molecule has 3 aromatic rings. The fraction of sp³-hybridized carbons (Fsp3) is 0.125. The van der Waals surface area contributed by atoms with Gasteiger partial charge < -0.3 is 4.74 Å². The van der Waals surface area contributed by atoms with E-state index >= 15 is 0 Å². The molecule has 3 heterocycles. The zero-order chi connectivity index (χ0) is 14.7. The molecular formula is C16H14N2O2S. The van der Waals surface area contributed by atoms with Gasteiger partial charge in [-0.3, -0.25) is 14.2 Å². The number of ether oxygens (including phenoxy) is 1. The summed E-state index contributed by atoms with van der Waals surface area (Å²) in [6.07, 6.45) is 9.08. The molecular weight excluding hydrogens is 284 g/mol. The van der Waals surface area contributed by atoms with Crippen LogP contribution in [0, 0.1) is 0 Å². The number of hydrogen-bond acceptors (Lipinski definition) is 4. The maximum atomic E-state index is 12.4. The molecule has 0 aromatic carbocycles. The molecule has 0 spiro atoms. The molecule has 4 nitrogen and oxygen atoms in total. The Bertz CT molecular complexity index is 834. The Balaban J connectivity index is 2.10. The average molecular weight is 298 g/mol. The van der Waals surface area contributed by atoms with E-state index in [4.69, 9.17) is 4.74 Å². The van der Waals surface area contributed by atoms with Crippen molar-refractivity contribution in [1.29, 1.82) is 0 Å². The molecule has 21 heavy (non-hydrogen) atoms. The number of hydrogen-bond donors (Lipinski definition) is 0. The largest absolute Gasteiger partial charge is 0.488 e. The molecule has 0 N–H and O–H groups in total. The Labute approximate surface area is 126 Å². The van der Waals surface area contributed by atoms with E-state index in [0.717, 1.165) is 16.0 Å². The first kappa shape index (κ1) is 13.6. The second kappa shape index (κ2) is 5.93. The second-order valence-electron chi connectivity index (χ2n) is 4.40. The molecule has 0 unspecified atom stereocenters. The lowest BCUT2D eigenvalue weighted by Crippen LogP contribution is -2.16. The molecule has 0 aliphatic carbocycles. The third-order valence-electron chi connectivity index (χ3n) is 3.02. The quantitative estimate of drug-likeness (QED) is 0.742. The molecule has 0 saturated heterocycles. The van der Waals surface area contributed by atoms with Gasteiger partial charge in [-0.25, -0.2) is 0 Å². The van der Waals surface area contributed by atoms with Gasteiger partial charge in [-0.1, -0.05) is 18.2 Å². The molecule has 5 heteroatoms. The average Bonchev–Trinajstić information content (AvgIpc) is 2.98. The lowest BCUT2D eigenvalue weighted by molar-refractivity contribution is 0.334. The van der Waals surface area contributed by atoms with E-state index in [0.29, 0.717) is 12.4 Å². The van der Waals surface area contributed by atoms with Gasteiger partial charge in [0.2, 0.25) is 0 Å². The first-order chi connectivity index (χ1) is 10.3. The smallest absolute Gasteiger partial charge is 0.298 e. The summed E-state index contributed by atoms with van der Waals surface area (Å²) in [7, 11) is 0. The van der Waals surface area contributed by atoms with Crippen molar-refractivity contribution in [2.24, 2.45) is 0 Å². The molecule has 3 rings (SSSR count). The molecule has 0 fully saturated rings. The Kier molecular flexibility index (Phi) is 3.83. The molecule has 0 atom stereocenters. The van der Waals surface area contributed by atoms with Gasteiger partial charge in [-0.05, 0) is 24.6 Å². The van der Waals surface area contributed by atoms with Crippen molar-refractivity contribution in [2.45, 2.75) is 6.92 Å². The first-order valence-corrected chi connectivity index (χ1v) is 7.51. The van der Waals surface area contributed by atoms with E-state index in [-0.39, 0.29) is 5.56 Å². The van der Waals surface area contributed by atoms with Crippen LogP contribution in [0.4, 0.5) is 0 Å². The highest BCUT2D eigenvalue weighted by Gasteiger charge is 2.10. The standard InChI is InChI=1S/C16H14N2O2S/c1-2-20-15-13(6-5-12-4-3-7-17-11-12)10-14-18(16(15)19)8-9-21-14/h3-11H,2H2,1H3. The number of pyridine rings is 2. The summed E-state index contributed by atoms with van der Waals surface area (Å²) in [6.45, 7) is 2.33. The van der Waals surface area contributed by atoms with Gasteiger partial charge in [-0.2, -0.15) is 0 Å². The highest BCUT2D eigenvalue weighted by Crippen LogP contribution is 2.21. The van der Waals surface area contributed by atoms with Crippen LogP contribution in [0.25, 0.3) is 17.0 Å². The van der Waals surface area contributed by atoms with Gasteiger partial charge >= 0.3 is 0 Å². The molecule has 0 aliphatic heterocycles. The maximum Gasteiger partial charge on any atom is 0.298 e. The van der Waals surface area contributed by atoms with Crippen LogP contribution >= 0.6 is 11.3 Å². The lowest BCUT2D eigenvalue weighted by Gasteiger charge is -2.07. The summed E-state index contributed by atoms with van der Waals surface area (Å²) >= 11 is 1.53. The summed E-state index contributed by atoms with van der Waals surface area (Å²) < 4.78 is 7.15. The van der Waals surface area contributed by atoms with Crippen molar-refractivity contribution in [3.8, 4) is 5.75 Å². The first-order valence-electron chi connectivity index (χ1n) is 6.63. The van der Waals surface area contributed by atoms with Crippen molar-refractivity contribution in [3.63, 3.8) is 0 Å². The SMILES string of the molecule is CCOc1c(C=Cc2cccnc2)cc2sccn2c1=O. The maximum absolute atomic E-state index is 12.4.